The Labute approximate surface area is 115 Å². The van der Waals surface area contributed by atoms with Gasteiger partial charge < -0.3 is 14.8 Å². The summed E-state index contributed by atoms with van der Waals surface area (Å²) in [5.41, 5.74) is 0. The average Bonchev–Trinajstić information content (AvgIpc) is 2.93. The first kappa shape index (κ1) is 12.4. The molecule has 1 aliphatic rings. The molecule has 1 atom stereocenters. The SMILES string of the molecule is CCNCc1nnc(C2COc3ccccc3O2)s1. The standard InChI is InChI=1S/C13H15N3O2S/c1-2-14-7-12-15-16-13(19-12)11-8-17-9-5-3-4-6-10(9)18-11/h3-6,11,14H,2,7-8H2,1H3. The third-order valence-corrected chi connectivity index (χ3v) is 3.81. The Morgan fingerprint density at radius 1 is 1.32 bits per heavy atom. The van der Waals surface area contributed by atoms with Gasteiger partial charge in [-0.1, -0.05) is 30.4 Å². The monoisotopic (exact) mass is 277 g/mol. The summed E-state index contributed by atoms with van der Waals surface area (Å²) < 4.78 is 11.6. The lowest BCUT2D eigenvalue weighted by atomic mass is 10.3. The maximum atomic E-state index is 5.90. The molecule has 2 aromatic rings. The number of benzene rings is 1. The number of nitrogens with zero attached hydrogens (tertiary/aromatic N) is 2. The Balaban J connectivity index is 1.72. The van der Waals surface area contributed by atoms with Crippen LogP contribution in [0.5, 0.6) is 11.5 Å². The van der Waals surface area contributed by atoms with Gasteiger partial charge in [-0.3, -0.25) is 0 Å². The van der Waals surface area contributed by atoms with Gasteiger partial charge in [-0.25, -0.2) is 0 Å². The van der Waals surface area contributed by atoms with Crippen LogP contribution in [0.3, 0.4) is 0 Å². The maximum absolute atomic E-state index is 5.90. The van der Waals surface area contributed by atoms with E-state index in [2.05, 4.69) is 22.4 Å². The molecule has 1 aliphatic heterocycles. The minimum atomic E-state index is -0.164. The molecule has 5 nitrogen and oxygen atoms in total. The highest BCUT2D eigenvalue weighted by Crippen LogP contribution is 2.36. The van der Waals surface area contributed by atoms with Crippen molar-refractivity contribution in [3.8, 4) is 11.5 Å². The molecule has 0 bridgehead atoms. The number of rotatable bonds is 4. The minimum absolute atomic E-state index is 0.164. The third-order valence-electron chi connectivity index (χ3n) is 2.79. The lowest BCUT2D eigenvalue weighted by Gasteiger charge is -2.24. The van der Waals surface area contributed by atoms with E-state index in [0.29, 0.717) is 6.61 Å². The van der Waals surface area contributed by atoms with Crippen LogP contribution in [0, 0.1) is 0 Å². The molecule has 0 spiro atoms. The number of nitrogens with one attached hydrogen (secondary N) is 1. The highest BCUT2D eigenvalue weighted by molar-refractivity contribution is 7.11. The Morgan fingerprint density at radius 3 is 3.00 bits per heavy atom. The highest BCUT2D eigenvalue weighted by Gasteiger charge is 2.25. The first-order valence-electron chi connectivity index (χ1n) is 6.28. The molecule has 1 aromatic carbocycles. The van der Waals surface area contributed by atoms with Gasteiger partial charge in [0.2, 0.25) is 0 Å². The smallest absolute Gasteiger partial charge is 0.186 e. The highest BCUT2D eigenvalue weighted by atomic mass is 32.1. The van der Waals surface area contributed by atoms with Gasteiger partial charge in [-0.05, 0) is 18.7 Å². The number of aromatic nitrogens is 2. The second-order valence-electron chi connectivity index (χ2n) is 4.18. The van der Waals surface area contributed by atoms with Crippen LogP contribution in [0.1, 0.15) is 23.0 Å². The van der Waals surface area contributed by atoms with E-state index >= 15 is 0 Å². The predicted octanol–water partition coefficient (Wildman–Crippen LogP) is 2.16. The molecule has 1 unspecified atom stereocenters. The van der Waals surface area contributed by atoms with Crippen LogP contribution in [0.2, 0.25) is 0 Å². The molecule has 0 amide bonds. The van der Waals surface area contributed by atoms with Gasteiger partial charge in [0, 0.05) is 6.54 Å². The van der Waals surface area contributed by atoms with Crippen molar-refractivity contribution in [3.05, 3.63) is 34.3 Å². The normalized spacial score (nSPS) is 17.4. The fraction of sp³-hybridized carbons (Fsp3) is 0.385. The van der Waals surface area contributed by atoms with Crippen LogP contribution in [0.15, 0.2) is 24.3 Å². The van der Waals surface area contributed by atoms with E-state index in [4.69, 9.17) is 9.47 Å². The molecule has 0 aliphatic carbocycles. The molecule has 2 heterocycles. The molecule has 1 aromatic heterocycles. The van der Waals surface area contributed by atoms with Gasteiger partial charge in [0.15, 0.2) is 22.6 Å². The van der Waals surface area contributed by atoms with Crippen molar-refractivity contribution >= 4 is 11.3 Å². The van der Waals surface area contributed by atoms with E-state index in [1.807, 2.05) is 24.3 Å². The first-order valence-corrected chi connectivity index (χ1v) is 7.10. The largest absolute Gasteiger partial charge is 0.485 e. The molecule has 3 rings (SSSR count). The van der Waals surface area contributed by atoms with Crippen LogP contribution in [-0.2, 0) is 6.54 Å². The molecule has 19 heavy (non-hydrogen) atoms. The van der Waals surface area contributed by atoms with Gasteiger partial charge >= 0.3 is 0 Å². The van der Waals surface area contributed by atoms with Crippen molar-refractivity contribution in [1.82, 2.24) is 15.5 Å². The number of ether oxygens (including phenoxy) is 2. The summed E-state index contributed by atoms with van der Waals surface area (Å²) in [7, 11) is 0. The lowest BCUT2D eigenvalue weighted by Crippen LogP contribution is -2.21. The van der Waals surface area contributed by atoms with Gasteiger partial charge in [-0.2, -0.15) is 0 Å². The minimum Gasteiger partial charge on any atom is -0.485 e. The van der Waals surface area contributed by atoms with Gasteiger partial charge in [0.05, 0.1) is 0 Å². The summed E-state index contributed by atoms with van der Waals surface area (Å²) in [5.74, 6) is 1.55. The van der Waals surface area contributed by atoms with E-state index in [9.17, 15) is 0 Å². The fourth-order valence-corrected chi connectivity index (χ4v) is 2.67. The molecule has 100 valence electrons. The summed E-state index contributed by atoms with van der Waals surface area (Å²) in [5, 5.41) is 13.4. The quantitative estimate of drug-likeness (QED) is 0.928. The van der Waals surface area contributed by atoms with E-state index in [0.717, 1.165) is 34.6 Å². The van der Waals surface area contributed by atoms with Gasteiger partial charge in [0.25, 0.3) is 0 Å². The van der Waals surface area contributed by atoms with Crippen molar-refractivity contribution in [2.75, 3.05) is 13.2 Å². The Kier molecular flexibility index (Phi) is 3.61. The number of para-hydroxylation sites is 2. The van der Waals surface area contributed by atoms with Crippen molar-refractivity contribution in [3.63, 3.8) is 0 Å². The number of fused-ring (bicyclic) bond motifs is 1. The molecule has 0 saturated carbocycles. The fourth-order valence-electron chi connectivity index (χ4n) is 1.84. The molecule has 1 N–H and O–H groups in total. The van der Waals surface area contributed by atoms with E-state index in [1.54, 1.807) is 11.3 Å². The second kappa shape index (κ2) is 5.54. The Morgan fingerprint density at radius 2 is 2.16 bits per heavy atom. The van der Waals surface area contributed by atoms with Crippen LogP contribution in [0.25, 0.3) is 0 Å². The van der Waals surface area contributed by atoms with Crippen molar-refractivity contribution in [2.45, 2.75) is 19.6 Å². The second-order valence-corrected chi connectivity index (χ2v) is 5.27. The molecule has 0 radical (unpaired) electrons. The zero-order chi connectivity index (χ0) is 13.1. The third kappa shape index (κ3) is 2.69. The summed E-state index contributed by atoms with van der Waals surface area (Å²) in [6.07, 6.45) is -0.164. The summed E-state index contributed by atoms with van der Waals surface area (Å²) in [6, 6.07) is 7.67. The zero-order valence-corrected chi connectivity index (χ0v) is 11.4. The number of hydrogen-bond donors (Lipinski definition) is 1. The van der Waals surface area contributed by atoms with Crippen LogP contribution >= 0.6 is 11.3 Å². The van der Waals surface area contributed by atoms with Gasteiger partial charge in [-0.15, -0.1) is 10.2 Å². The Bertz CT molecular complexity index is 558. The molecule has 6 heteroatoms. The van der Waals surface area contributed by atoms with Crippen LogP contribution < -0.4 is 14.8 Å². The topological polar surface area (TPSA) is 56.3 Å². The number of hydrogen-bond acceptors (Lipinski definition) is 6. The summed E-state index contributed by atoms with van der Waals surface area (Å²) in [6.45, 7) is 4.22. The Hall–Kier alpha value is -1.66. The van der Waals surface area contributed by atoms with E-state index in [-0.39, 0.29) is 6.10 Å². The van der Waals surface area contributed by atoms with Crippen LogP contribution in [-0.4, -0.2) is 23.3 Å². The van der Waals surface area contributed by atoms with Crippen molar-refractivity contribution in [1.29, 1.82) is 0 Å². The summed E-state index contributed by atoms with van der Waals surface area (Å²) >= 11 is 1.56. The van der Waals surface area contributed by atoms with Crippen molar-refractivity contribution in [2.24, 2.45) is 0 Å². The molecular formula is C13H15N3O2S. The molecular weight excluding hydrogens is 262 g/mol. The van der Waals surface area contributed by atoms with E-state index < -0.39 is 0 Å². The van der Waals surface area contributed by atoms with Crippen LogP contribution in [0.4, 0.5) is 0 Å². The summed E-state index contributed by atoms with van der Waals surface area (Å²) in [4.78, 5) is 0. The molecule has 0 fully saturated rings. The predicted molar refractivity (Wildman–Crippen MR) is 72.6 cm³/mol. The first-order chi connectivity index (χ1) is 9.36. The average molecular weight is 277 g/mol. The van der Waals surface area contributed by atoms with E-state index in [1.165, 1.54) is 0 Å². The molecule has 0 saturated heterocycles. The van der Waals surface area contributed by atoms with Crippen molar-refractivity contribution < 1.29 is 9.47 Å². The zero-order valence-electron chi connectivity index (χ0n) is 10.6. The maximum Gasteiger partial charge on any atom is 0.186 e. The lowest BCUT2D eigenvalue weighted by molar-refractivity contribution is 0.0906. The van der Waals surface area contributed by atoms with Gasteiger partial charge in [0.1, 0.15) is 11.6 Å².